The van der Waals surface area contributed by atoms with E-state index >= 15 is 0 Å². The predicted octanol–water partition coefficient (Wildman–Crippen LogP) is 0.761. The van der Waals surface area contributed by atoms with Gasteiger partial charge in [0.2, 0.25) is 0 Å². The fourth-order valence-electron chi connectivity index (χ4n) is 1.89. The minimum absolute atomic E-state index is 0.208. The molecule has 0 saturated heterocycles. The minimum atomic E-state index is 0.208. The summed E-state index contributed by atoms with van der Waals surface area (Å²) >= 11 is 0. The molecule has 0 atom stereocenters. The summed E-state index contributed by atoms with van der Waals surface area (Å²) in [5.41, 5.74) is 0.943. The Balaban J connectivity index is 2.24. The van der Waals surface area contributed by atoms with Crippen LogP contribution in [0.15, 0.2) is 31.6 Å². The van der Waals surface area contributed by atoms with E-state index in [2.05, 4.69) is 44.0 Å². The average molecular weight is 256 g/mol. The molecule has 0 spiro atoms. The van der Waals surface area contributed by atoms with E-state index in [0.717, 1.165) is 5.56 Å². The summed E-state index contributed by atoms with van der Waals surface area (Å²) in [5.74, 6) is 1.61. The molecule has 0 fully saturated rings. The monoisotopic (exact) mass is 256 g/mol. The van der Waals surface area contributed by atoms with E-state index in [4.69, 9.17) is 0 Å². The molecule has 0 bridgehead atoms. The smallest absolute Gasteiger partial charge is 0.164 e. The Bertz CT molecular complexity index is 604. The van der Waals surface area contributed by atoms with Gasteiger partial charge in [-0.25, -0.2) is 29.3 Å². The molecule has 0 aliphatic carbocycles. The Morgan fingerprint density at radius 1 is 0.842 bits per heavy atom. The molecule has 0 N–H and O–H groups in total. The molecule has 0 amide bonds. The third-order valence-corrected chi connectivity index (χ3v) is 2.69. The molecule has 0 aliphatic rings. The lowest BCUT2D eigenvalue weighted by molar-refractivity contribution is 0.733. The lowest BCUT2D eigenvalue weighted by atomic mass is 10.0. The number of nitrogens with zero attached hydrogens (tertiary/aromatic N) is 8. The van der Waals surface area contributed by atoms with Gasteiger partial charge in [-0.3, -0.25) is 0 Å². The first kappa shape index (κ1) is 11.5. The van der Waals surface area contributed by atoms with Gasteiger partial charge in [-0.1, -0.05) is 13.8 Å². The molecule has 3 aromatic rings. The topological polar surface area (TPSA) is 87.2 Å². The summed E-state index contributed by atoms with van der Waals surface area (Å²) in [4.78, 5) is 16.5. The van der Waals surface area contributed by atoms with Gasteiger partial charge in [0.15, 0.2) is 11.6 Å². The highest BCUT2D eigenvalue weighted by atomic mass is 15.4. The van der Waals surface area contributed by atoms with Crippen molar-refractivity contribution in [2.75, 3.05) is 0 Å². The van der Waals surface area contributed by atoms with E-state index < -0.39 is 0 Å². The zero-order valence-electron chi connectivity index (χ0n) is 10.5. The van der Waals surface area contributed by atoms with Crippen LogP contribution in [0.1, 0.15) is 25.3 Å². The van der Waals surface area contributed by atoms with Crippen LogP contribution in [0.25, 0.3) is 11.6 Å². The van der Waals surface area contributed by atoms with Crippen molar-refractivity contribution in [2.45, 2.75) is 19.8 Å². The number of hydrogen-bond acceptors (Lipinski definition) is 6. The molecule has 0 aliphatic heterocycles. The summed E-state index contributed by atoms with van der Waals surface area (Å²) in [6, 6.07) is 0. The standard InChI is InChI=1S/C11H12N8/c1-8(2)9-10(18-6-12-3-16-18)14-5-15-11(9)19-7-13-4-17-19/h3-8H,1-2H3. The maximum atomic E-state index is 4.30. The van der Waals surface area contributed by atoms with E-state index in [1.807, 2.05) is 0 Å². The molecular formula is C11H12N8. The first-order valence-electron chi connectivity index (χ1n) is 5.82. The van der Waals surface area contributed by atoms with Crippen LogP contribution in [0, 0.1) is 0 Å². The van der Waals surface area contributed by atoms with Gasteiger partial charge in [0.25, 0.3) is 0 Å². The Morgan fingerprint density at radius 2 is 1.37 bits per heavy atom. The molecule has 8 heteroatoms. The van der Waals surface area contributed by atoms with E-state index in [0.29, 0.717) is 11.6 Å². The highest BCUT2D eigenvalue weighted by Crippen LogP contribution is 2.25. The van der Waals surface area contributed by atoms with Gasteiger partial charge in [0.1, 0.15) is 31.6 Å². The van der Waals surface area contributed by atoms with Gasteiger partial charge in [-0.05, 0) is 5.92 Å². The van der Waals surface area contributed by atoms with Gasteiger partial charge >= 0.3 is 0 Å². The molecule has 0 aromatic carbocycles. The van der Waals surface area contributed by atoms with Crippen molar-refractivity contribution in [1.29, 1.82) is 0 Å². The average Bonchev–Trinajstić information content (AvgIpc) is 3.11. The number of hydrogen-bond donors (Lipinski definition) is 0. The second-order valence-corrected chi connectivity index (χ2v) is 4.27. The summed E-state index contributed by atoms with van der Waals surface area (Å²) in [7, 11) is 0. The molecule has 0 radical (unpaired) electrons. The minimum Gasteiger partial charge on any atom is -0.223 e. The van der Waals surface area contributed by atoms with Crippen LogP contribution in [-0.4, -0.2) is 39.5 Å². The molecule has 19 heavy (non-hydrogen) atoms. The first-order chi connectivity index (χ1) is 9.27. The van der Waals surface area contributed by atoms with Crippen LogP contribution >= 0.6 is 0 Å². The Labute approximate surface area is 109 Å². The van der Waals surface area contributed by atoms with Crippen LogP contribution in [0.3, 0.4) is 0 Å². The maximum absolute atomic E-state index is 4.30. The lowest BCUT2D eigenvalue weighted by Gasteiger charge is -2.14. The molecular weight excluding hydrogens is 244 g/mol. The lowest BCUT2D eigenvalue weighted by Crippen LogP contribution is -2.12. The van der Waals surface area contributed by atoms with Gasteiger partial charge in [0, 0.05) is 5.56 Å². The summed E-state index contributed by atoms with van der Waals surface area (Å²) in [5, 5.41) is 8.24. The van der Waals surface area contributed by atoms with Crippen molar-refractivity contribution in [1.82, 2.24) is 39.5 Å². The second-order valence-electron chi connectivity index (χ2n) is 4.27. The second kappa shape index (κ2) is 4.56. The normalized spacial score (nSPS) is 11.1. The largest absolute Gasteiger partial charge is 0.223 e. The predicted molar refractivity (Wildman–Crippen MR) is 66.0 cm³/mol. The van der Waals surface area contributed by atoms with Crippen LogP contribution < -0.4 is 0 Å². The molecule has 3 heterocycles. The fourth-order valence-corrected chi connectivity index (χ4v) is 1.89. The van der Waals surface area contributed by atoms with E-state index in [1.165, 1.54) is 19.0 Å². The zero-order valence-corrected chi connectivity index (χ0v) is 10.5. The van der Waals surface area contributed by atoms with Crippen molar-refractivity contribution in [2.24, 2.45) is 0 Å². The van der Waals surface area contributed by atoms with Crippen molar-refractivity contribution < 1.29 is 0 Å². The Kier molecular flexibility index (Phi) is 2.75. The molecule has 0 unspecified atom stereocenters. The van der Waals surface area contributed by atoms with Crippen molar-refractivity contribution in [3.8, 4) is 11.6 Å². The quantitative estimate of drug-likeness (QED) is 0.687. The van der Waals surface area contributed by atoms with Gasteiger partial charge in [-0.2, -0.15) is 10.2 Å². The molecule has 0 saturated carbocycles. The molecule has 3 rings (SSSR count). The summed E-state index contributed by atoms with van der Waals surface area (Å²) in [6.45, 7) is 4.14. The van der Waals surface area contributed by atoms with E-state index in [9.17, 15) is 0 Å². The first-order valence-corrected chi connectivity index (χ1v) is 5.82. The highest BCUT2D eigenvalue weighted by molar-refractivity contribution is 5.45. The zero-order chi connectivity index (χ0) is 13.2. The highest BCUT2D eigenvalue weighted by Gasteiger charge is 2.18. The third kappa shape index (κ3) is 1.96. The number of rotatable bonds is 3. The Morgan fingerprint density at radius 3 is 1.74 bits per heavy atom. The van der Waals surface area contributed by atoms with Crippen molar-refractivity contribution in [3.05, 3.63) is 37.2 Å². The maximum Gasteiger partial charge on any atom is 0.164 e. The SMILES string of the molecule is CC(C)c1c(-n2cncn2)ncnc1-n1cncn1. The van der Waals surface area contributed by atoms with Crippen LogP contribution in [-0.2, 0) is 0 Å². The van der Waals surface area contributed by atoms with Crippen molar-refractivity contribution >= 4 is 0 Å². The van der Waals surface area contributed by atoms with Crippen LogP contribution in [0.5, 0.6) is 0 Å². The van der Waals surface area contributed by atoms with Gasteiger partial charge in [0.05, 0.1) is 0 Å². The van der Waals surface area contributed by atoms with Crippen LogP contribution in [0.4, 0.5) is 0 Å². The molecule has 8 nitrogen and oxygen atoms in total. The molecule has 3 aromatic heterocycles. The van der Waals surface area contributed by atoms with Crippen molar-refractivity contribution in [3.63, 3.8) is 0 Å². The van der Waals surface area contributed by atoms with E-state index in [-0.39, 0.29) is 5.92 Å². The van der Waals surface area contributed by atoms with Gasteiger partial charge < -0.3 is 0 Å². The van der Waals surface area contributed by atoms with Gasteiger partial charge in [-0.15, -0.1) is 0 Å². The van der Waals surface area contributed by atoms with E-state index in [1.54, 1.807) is 22.0 Å². The third-order valence-electron chi connectivity index (χ3n) is 2.69. The summed E-state index contributed by atoms with van der Waals surface area (Å²) < 4.78 is 3.24. The Hall–Kier alpha value is -2.64. The molecule has 96 valence electrons. The fraction of sp³-hybridized carbons (Fsp3) is 0.273. The van der Waals surface area contributed by atoms with Crippen LogP contribution in [0.2, 0.25) is 0 Å². The summed E-state index contributed by atoms with van der Waals surface area (Å²) in [6.07, 6.45) is 7.65. The number of aromatic nitrogens is 8.